The van der Waals surface area contributed by atoms with Gasteiger partial charge in [-0.25, -0.2) is 9.59 Å². The molecule has 0 spiro atoms. The summed E-state index contributed by atoms with van der Waals surface area (Å²) in [5.41, 5.74) is 0.00552. The van der Waals surface area contributed by atoms with Gasteiger partial charge < -0.3 is 19.7 Å². The Bertz CT molecular complexity index is 398. The van der Waals surface area contributed by atoms with Crippen molar-refractivity contribution in [3.8, 4) is 0 Å². The number of carbonyl (C=O) groups is 2. The van der Waals surface area contributed by atoms with Crippen molar-refractivity contribution in [1.29, 1.82) is 0 Å². The average Bonchev–Trinajstić information content (AvgIpc) is 2.42. The Balaban J connectivity index is 4.96. The summed E-state index contributed by atoms with van der Waals surface area (Å²) >= 11 is 0. The molecule has 0 amide bonds. The highest BCUT2D eigenvalue weighted by atomic mass is 16.8. The summed E-state index contributed by atoms with van der Waals surface area (Å²) < 4.78 is 9.44. The molecule has 0 saturated carbocycles. The summed E-state index contributed by atoms with van der Waals surface area (Å²) in [6.45, 7) is 11.5. The summed E-state index contributed by atoms with van der Waals surface area (Å²) in [6, 6.07) is 0. The molecule has 0 aliphatic rings. The van der Waals surface area contributed by atoms with Crippen LogP contribution in [0.2, 0.25) is 0 Å². The van der Waals surface area contributed by atoms with Gasteiger partial charge in [-0.05, 0) is 20.3 Å². The van der Waals surface area contributed by atoms with Crippen molar-refractivity contribution in [3.05, 3.63) is 24.3 Å². The molecule has 0 saturated heterocycles. The zero-order valence-corrected chi connectivity index (χ0v) is 13.6. The molecule has 6 heteroatoms. The van der Waals surface area contributed by atoms with Crippen LogP contribution in [0.1, 0.15) is 52.9 Å². The Hall–Kier alpha value is -1.66. The summed E-state index contributed by atoms with van der Waals surface area (Å²) in [7, 11) is 0. The van der Waals surface area contributed by atoms with Gasteiger partial charge in [-0.2, -0.15) is 0 Å². The molecule has 126 valence electrons. The third-order valence-corrected chi connectivity index (χ3v) is 2.93. The first-order chi connectivity index (χ1) is 10.1. The Morgan fingerprint density at radius 3 is 1.86 bits per heavy atom. The van der Waals surface area contributed by atoms with Gasteiger partial charge in [-0.15, -0.1) is 0 Å². The molecule has 0 rings (SSSR count). The molecule has 0 aliphatic heterocycles. The van der Waals surface area contributed by atoms with Gasteiger partial charge in [0.1, 0.15) is 0 Å². The van der Waals surface area contributed by atoms with E-state index in [4.69, 9.17) is 9.47 Å². The largest absolute Gasteiger partial charge is 0.401 e. The number of rotatable bonds is 10. The first kappa shape index (κ1) is 20.3. The van der Waals surface area contributed by atoms with Crippen molar-refractivity contribution in [3.63, 3.8) is 0 Å². The number of ether oxygens (including phenoxy) is 2. The third-order valence-electron chi connectivity index (χ3n) is 2.93. The van der Waals surface area contributed by atoms with E-state index in [1.807, 2.05) is 6.92 Å². The van der Waals surface area contributed by atoms with Crippen LogP contribution >= 0.6 is 0 Å². The molecule has 6 nitrogen and oxygen atoms in total. The molecular formula is C16H26O6. The van der Waals surface area contributed by atoms with E-state index < -0.39 is 24.0 Å². The molecule has 0 aromatic heterocycles. The lowest BCUT2D eigenvalue weighted by Crippen LogP contribution is -2.50. The Morgan fingerprint density at radius 2 is 1.50 bits per heavy atom. The normalized spacial score (nSPS) is 12.4. The lowest BCUT2D eigenvalue weighted by molar-refractivity contribution is -0.359. The Labute approximate surface area is 131 Å². The van der Waals surface area contributed by atoms with E-state index in [2.05, 4.69) is 13.2 Å². The highest BCUT2D eigenvalue weighted by Crippen LogP contribution is 2.23. The van der Waals surface area contributed by atoms with Crippen LogP contribution in [0.25, 0.3) is 0 Å². The van der Waals surface area contributed by atoms with Crippen LogP contribution < -0.4 is 0 Å². The fourth-order valence-electron chi connectivity index (χ4n) is 1.54. The highest BCUT2D eigenvalue weighted by molar-refractivity contribution is 5.88. The first-order valence-electron chi connectivity index (χ1n) is 7.32. The molecule has 2 N–H and O–H groups in total. The molecule has 1 unspecified atom stereocenters. The minimum atomic E-state index is -2.75. The highest BCUT2D eigenvalue weighted by Gasteiger charge is 2.44. The fraction of sp³-hybridized carbons (Fsp3) is 0.625. The van der Waals surface area contributed by atoms with E-state index in [9.17, 15) is 19.8 Å². The van der Waals surface area contributed by atoms with Gasteiger partial charge in [-0.3, -0.25) is 0 Å². The molecule has 0 aliphatic carbocycles. The second-order valence-electron chi connectivity index (χ2n) is 5.34. The smallest absolute Gasteiger partial charge is 0.393 e. The molecule has 0 aromatic carbocycles. The van der Waals surface area contributed by atoms with E-state index in [-0.39, 0.29) is 17.6 Å². The van der Waals surface area contributed by atoms with Crippen LogP contribution in [0.5, 0.6) is 0 Å². The number of aliphatic hydroxyl groups excluding tert-OH is 1. The Morgan fingerprint density at radius 1 is 1.05 bits per heavy atom. The lowest BCUT2D eigenvalue weighted by Gasteiger charge is -2.31. The SMILES string of the molecule is C=C(C)C(=O)OC(O)(OC(=O)C(=C)C)C(O)CCCCCC. The zero-order valence-electron chi connectivity index (χ0n) is 13.6. The summed E-state index contributed by atoms with van der Waals surface area (Å²) in [4.78, 5) is 23.2. The molecule has 1 atom stereocenters. The van der Waals surface area contributed by atoms with Gasteiger partial charge >= 0.3 is 17.9 Å². The van der Waals surface area contributed by atoms with E-state index in [0.29, 0.717) is 6.42 Å². The van der Waals surface area contributed by atoms with Gasteiger partial charge in [0.15, 0.2) is 6.10 Å². The number of unbranched alkanes of at least 4 members (excludes halogenated alkanes) is 3. The van der Waals surface area contributed by atoms with E-state index in [0.717, 1.165) is 19.3 Å². The number of hydrogen-bond donors (Lipinski definition) is 2. The maximum absolute atomic E-state index is 11.6. The van der Waals surface area contributed by atoms with Gasteiger partial charge in [-0.1, -0.05) is 45.8 Å². The van der Waals surface area contributed by atoms with Crippen LogP contribution in [0.15, 0.2) is 24.3 Å². The lowest BCUT2D eigenvalue weighted by atomic mass is 10.1. The maximum atomic E-state index is 11.6. The quantitative estimate of drug-likeness (QED) is 0.278. The minimum Gasteiger partial charge on any atom is -0.393 e. The van der Waals surface area contributed by atoms with Crippen LogP contribution in [0.3, 0.4) is 0 Å². The molecule has 0 heterocycles. The molecule has 0 aromatic rings. The van der Waals surface area contributed by atoms with Gasteiger partial charge in [0.05, 0.1) is 0 Å². The third kappa shape index (κ3) is 6.87. The van der Waals surface area contributed by atoms with Crippen LogP contribution in [-0.2, 0) is 19.1 Å². The monoisotopic (exact) mass is 314 g/mol. The molecule has 0 bridgehead atoms. The van der Waals surface area contributed by atoms with Gasteiger partial charge in [0, 0.05) is 11.1 Å². The van der Waals surface area contributed by atoms with Gasteiger partial charge in [0.25, 0.3) is 0 Å². The van der Waals surface area contributed by atoms with Crippen molar-refractivity contribution >= 4 is 11.9 Å². The molecule has 0 radical (unpaired) electrons. The second kappa shape index (κ2) is 9.38. The predicted molar refractivity (Wildman–Crippen MR) is 81.5 cm³/mol. The number of aliphatic hydroxyl groups is 2. The topological polar surface area (TPSA) is 93.1 Å². The van der Waals surface area contributed by atoms with Crippen LogP contribution in [-0.4, -0.2) is 34.2 Å². The Kier molecular flexibility index (Phi) is 8.67. The van der Waals surface area contributed by atoms with Crippen molar-refractivity contribution in [2.24, 2.45) is 0 Å². The van der Waals surface area contributed by atoms with E-state index in [1.54, 1.807) is 0 Å². The maximum Gasteiger partial charge on any atom is 0.401 e. The minimum absolute atomic E-state index is 0.00276. The number of hydrogen-bond acceptors (Lipinski definition) is 6. The first-order valence-corrected chi connectivity index (χ1v) is 7.32. The molecular weight excluding hydrogens is 288 g/mol. The summed E-state index contributed by atoms with van der Waals surface area (Å²) in [5.74, 6) is -4.69. The van der Waals surface area contributed by atoms with E-state index in [1.165, 1.54) is 13.8 Å². The van der Waals surface area contributed by atoms with E-state index >= 15 is 0 Å². The second-order valence-corrected chi connectivity index (χ2v) is 5.34. The van der Waals surface area contributed by atoms with Crippen molar-refractivity contribution in [2.75, 3.05) is 0 Å². The predicted octanol–water partition coefficient (Wildman–Crippen LogP) is 2.20. The van der Waals surface area contributed by atoms with Crippen LogP contribution in [0.4, 0.5) is 0 Å². The summed E-state index contributed by atoms with van der Waals surface area (Å²) in [5, 5.41) is 20.3. The van der Waals surface area contributed by atoms with Crippen molar-refractivity contribution in [2.45, 2.75) is 65.0 Å². The van der Waals surface area contributed by atoms with Crippen molar-refractivity contribution < 1.29 is 29.3 Å². The molecule has 0 fully saturated rings. The van der Waals surface area contributed by atoms with Crippen LogP contribution in [0, 0.1) is 0 Å². The average molecular weight is 314 g/mol. The molecule has 22 heavy (non-hydrogen) atoms. The number of esters is 2. The summed E-state index contributed by atoms with van der Waals surface area (Å²) in [6.07, 6.45) is 1.97. The van der Waals surface area contributed by atoms with Gasteiger partial charge in [0.2, 0.25) is 0 Å². The fourth-order valence-corrected chi connectivity index (χ4v) is 1.54. The van der Waals surface area contributed by atoms with Crippen molar-refractivity contribution in [1.82, 2.24) is 0 Å². The standard InChI is InChI=1S/C16H26O6/c1-6-7-8-9-10-13(17)16(20,21-14(18)11(2)3)22-15(19)12(4)5/h13,17,20H,2,4,6-10H2,1,3,5H3. The number of carbonyl (C=O) groups excluding carboxylic acids is 2. The zero-order chi connectivity index (χ0) is 17.3.